The summed E-state index contributed by atoms with van der Waals surface area (Å²) in [5.41, 5.74) is -0.256. The van der Waals surface area contributed by atoms with Crippen molar-refractivity contribution in [1.82, 2.24) is 0 Å². The normalized spacial score (nSPS) is 51.3. The molecule has 1 heterocycles. The Kier molecular flexibility index (Phi) is 3.26. The summed E-state index contributed by atoms with van der Waals surface area (Å²) in [6, 6.07) is 0. The third-order valence-corrected chi connectivity index (χ3v) is 8.75. The van der Waals surface area contributed by atoms with E-state index in [1.807, 2.05) is 13.0 Å². The summed E-state index contributed by atoms with van der Waals surface area (Å²) in [4.78, 5) is 36.6. The van der Waals surface area contributed by atoms with Crippen LogP contribution in [-0.4, -0.2) is 35.8 Å². The maximum atomic E-state index is 13.2. The van der Waals surface area contributed by atoms with E-state index in [4.69, 9.17) is 13.6 Å². The lowest BCUT2D eigenvalue weighted by Crippen LogP contribution is -2.57. The SMILES string of the molecule is [2H]C([2H])([2H])[C@@H]1C[C@H]2C3CCC4=CC(=O)C=C[C@]4(C)[C@@]34O[C@H]4C[C@]2(C)[C@H]1C(=O)COC(C)=O. The predicted octanol–water partition coefficient (Wildman–Crippen LogP) is 3.42. The lowest BCUT2D eigenvalue weighted by molar-refractivity contribution is -0.149. The zero-order valence-corrected chi connectivity index (χ0v) is 17.2. The van der Waals surface area contributed by atoms with Gasteiger partial charge in [-0.3, -0.25) is 14.4 Å². The molecule has 3 saturated carbocycles. The van der Waals surface area contributed by atoms with Crippen LogP contribution < -0.4 is 0 Å². The van der Waals surface area contributed by atoms with E-state index in [9.17, 15) is 14.4 Å². The van der Waals surface area contributed by atoms with E-state index in [1.165, 1.54) is 6.92 Å². The molecular formula is C24H30O5. The first kappa shape index (κ1) is 16.0. The highest BCUT2D eigenvalue weighted by Gasteiger charge is 2.79. The second-order valence-electron chi connectivity index (χ2n) is 10.0. The fourth-order valence-electron chi connectivity index (χ4n) is 7.55. The first-order chi connectivity index (χ1) is 14.8. The Morgan fingerprint density at radius 2 is 2.14 bits per heavy atom. The van der Waals surface area contributed by atoms with Crippen molar-refractivity contribution in [3.05, 3.63) is 23.8 Å². The lowest BCUT2D eigenvalue weighted by atomic mass is 9.47. The van der Waals surface area contributed by atoms with E-state index < -0.39 is 35.7 Å². The van der Waals surface area contributed by atoms with Crippen molar-refractivity contribution in [3.8, 4) is 0 Å². The van der Waals surface area contributed by atoms with Crippen LogP contribution in [0.5, 0.6) is 0 Å². The fraction of sp³-hybridized carbons (Fsp3) is 0.708. The zero-order chi connectivity index (χ0) is 23.3. The Labute approximate surface area is 176 Å². The minimum Gasteiger partial charge on any atom is -0.458 e. The molecule has 0 bridgehead atoms. The second-order valence-corrected chi connectivity index (χ2v) is 10.0. The molecule has 0 aromatic rings. The summed E-state index contributed by atoms with van der Waals surface area (Å²) < 4.78 is 36.0. The van der Waals surface area contributed by atoms with Gasteiger partial charge in [-0.15, -0.1) is 0 Å². The number of ketones is 2. The summed E-state index contributed by atoms with van der Waals surface area (Å²) in [6.45, 7) is 2.77. The summed E-state index contributed by atoms with van der Waals surface area (Å²) in [6.07, 6.45) is 7.88. The Morgan fingerprint density at radius 1 is 1.34 bits per heavy atom. The number of hydrogen-bond donors (Lipinski definition) is 0. The Balaban J connectivity index is 1.53. The molecule has 29 heavy (non-hydrogen) atoms. The van der Waals surface area contributed by atoms with Crippen LogP contribution in [0.25, 0.3) is 0 Å². The minimum absolute atomic E-state index is 0.00429. The molecule has 5 aliphatic rings. The van der Waals surface area contributed by atoms with Gasteiger partial charge in [0, 0.05) is 22.4 Å². The third-order valence-electron chi connectivity index (χ3n) is 8.75. The number of hydrogen-bond acceptors (Lipinski definition) is 5. The van der Waals surface area contributed by atoms with Gasteiger partial charge < -0.3 is 9.47 Å². The van der Waals surface area contributed by atoms with Crippen molar-refractivity contribution < 1.29 is 28.0 Å². The maximum Gasteiger partial charge on any atom is 0.303 e. The van der Waals surface area contributed by atoms with Crippen LogP contribution in [-0.2, 0) is 23.9 Å². The van der Waals surface area contributed by atoms with Crippen LogP contribution in [0, 0.1) is 34.5 Å². The smallest absolute Gasteiger partial charge is 0.303 e. The summed E-state index contributed by atoms with van der Waals surface area (Å²) in [7, 11) is 0. The van der Waals surface area contributed by atoms with Crippen LogP contribution in [0.15, 0.2) is 23.8 Å². The first-order valence-electron chi connectivity index (χ1n) is 12.1. The molecular weight excluding hydrogens is 368 g/mol. The van der Waals surface area contributed by atoms with Gasteiger partial charge in [-0.25, -0.2) is 0 Å². The van der Waals surface area contributed by atoms with Gasteiger partial charge in [0.1, 0.15) is 12.2 Å². The number of esters is 1. The first-order valence-corrected chi connectivity index (χ1v) is 10.6. The highest BCUT2D eigenvalue weighted by Crippen LogP contribution is 2.75. The van der Waals surface area contributed by atoms with E-state index in [-0.39, 0.29) is 41.5 Å². The highest BCUT2D eigenvalue weighted by molar-refractivity contribution is 6.01. The number of allylic oxidation sites excluding steroid dienone is 2. The molecule has 4 aliphatic carbocycles. The molecule has 8 atom stereocenters. The molecule has 1 aliphatic heterocycles. The molecule has 5 nitrogen and oxygen atoms in total. The number of fused-ring (bicyclic) bond motifs is 3. The molecule has 0 radical (unpaired) electrons. The van der Waals surface area contributed by atoms with Crippen LogP contribution in [0.3, 0.4) is 0 Å². The Hall–Kier alpha value is -1.75. The van der Waals surface area contributed by atoms with Crippen LogP contribution in [0.1, 0.15) is 57.4 Å². The number of rotatable bonds is 3. The molecule has 5 rings (SSSR count). The van der Waals surface area contributed by atoms with Crippen molar-refractivity contribution in [2.45, 2.75) is 65.0 Å². The van der Waals surface area contributed by atoms with E-state index >= 15 is 0 Å². The Morgan fingerprint density at radius 3 is 2.86 bits per heavy atom. The average Bonchev–Trinajstić information content (AvgIpc) is 3.31. The van der Waals surface area contributed by atoms with E-state index in [0.29, 0.717) is 12.8 Å². The molecule has 1 spiro atoms. The molecule has 0 aromatic carbocycles. The molecule has 0 amide bonds. The fourth-order valence-corrected chi connectivity index (χ4v) is 7.55. The lowest BCUT2D eigenvalue weighted by Gasteiger charge is -2.54. The van der Waals surface area contributed by atoms with Gasteiger partial charge in [0.25, 0.3) is 0 Å². The molecule has 1 saturated heterocycles. The van der Waals surface area contributed by atoms with Crippen molar-refractivity contribution in [2.75, 3.05) is 6.61 Å². The number of epoxide rings is 1. The van der Waals surface area contributed by atoms with E-state index in [2.05, 4.69) is 6.92 Å². The molecule has 156 valence electrons. The maximum absolute atomic E-state index is 13.2. The number of Topliss-reactive ketones (excluding diaryl/α,β-unsaturated/α-hetero) is 1. The van der Waals surface area contributed by atoms with Gasteiger partial charge >= 0.3 is 5.97 Å². The quantitative estimate of drug-likeness (QED) is 0.535. The van der Waals surface area contributed by atoms with E-state index in [1.54, 1.807) is 12.2 Å². The van der Waals surface area contributed by atoms with Crippen molar-refractivity contribution in [2.24, 2.45) is 34.5 Å². The number of carbonyl (C=O) groups excluding carboxylic acids is 3. The monoisotopic (exact) mass is 401 g/mol. The van der Waals surface area contributed by atoms with Gasteiger partial charge in [-0.1, -0.05) is 25.4 Å². The highest BCUT2D eigenvalue weighted by atomic mass is 16.6. The summed E-state index contributed by atoms with van der Waals surface area (Å²) >= 11 is 0. The van der Waals surface area contributed by atoms with E-state index in [0.717, 1.165) is 18.4 Å². The second kappa shape index (κ2) is 5.90. The molecule has 0 aromatic heterocycles. The zero-order valence-electron chi connectivity index (χ0n) is 20.2. The molecule has 5 heteroatoms. The van der Waals surface area contributed by atoms with Gasteiger partial charge in [-0.2, -0.15) is 0 Å². The summed E-state index contributed by atoms with van der Waals surface area (Å²) in [5, 5.41) is 0. The van der Waals surface area contributed by atoms with Crippen LogP contribution in [0.4, 0.5) is 0 Å². The van der Waals surface area contributed by atoms with Crippen LogP contribution >= 0.6 is 0 Å². The molecule has 1 unspecified atom stereocenters. The number of ether oxygens (including phenoxy) is 2. The van der Waals surface area contributed by atoms with Crippen LogP contribution in [0.2, 0.25) is 0 Å². The summed E-state index contributed by atoms with van der Waals surface area (Å²) in [5.74, 6) is -2.17. The van der Waals surface area contributed by atoms with Crippen molar-refractivity contribution in [1.29, 1.82) is 0 Å². The number of carbonyl (C=O) groups is 3. The third kappa shape index (κ3) is 2.34. The van der Waals surface area contributed by atoms with Gasteiger partial charge in [-0.05, 0) is 67.9 Å². The van der Waals surface area contributed by atoms with Gasteiger partial charge in [0.2, 0.25) is 0 Å². The average molecular weight is 402 g/mol. The minimum atomic E-state index is -2.27. The van der Waals surface area contributed by atoms with Crippen molar-refractivity contribution >= 4 is 17.5 Å². The molecule has 4 fully saturated rings. The topological polar surface area (TPSA) is 73.0 Å². The van der Waals surface area contributed by atoms with Gasteiger partial charge in [0.15, 0.2) is 11.6 Å². The predicted molar refractivity (Wildman–Crippen MR) is 106 cm³/mol. The Bertz CT molecular complexity index is 967. The standard InChI is InChI=1S/C24H30O5/c1-13-9-18-17-6-5-15-10-16(26)7-8-23(15,4)24(17)20(29-24)11-22(18,3)21(13)19(27)12-28-14(2)25/h7-8,10,13,17-18,20-21H,5-6,9,11-12H2,1-4H3/t13-,17?,18+,20+,21-,22+,23+,24-/m1/s1/i1D3. The van der Waals surface area contributed by atoms with Gasteiger partial charge in [0.05, 0.1) is 6.10 Å². The largest absolute Gasteiger partial charge is 0.458 e. The van der Waals surface area contributed by atoms with Crippen molar-refractivity contribution in [3.63, 3.8) is 0 Å². The molecule has 0 N–H and O–H groups in total.